The number of carbonyl (C=O) groups excluding carboxylic acids is 1. The number of carboxylic acids is 1. The van der Waals surface area contributed by atoms with Crippen LogP contribution in [0.15, 0.2) is 33.6 Å². The van der Waals surface area contributed by atoms with E-state index >= 15 is 0 Å². The molecule has 0 radical (unpaired) electrons. The molecule has 2 aromatic rings. The maximum Gasteiger partial charge on any atom is 0.311 e. The second-order valence-corrected chi connectivity index (χ2v) is 4.75. The summed E-state index contributed by atoms with van der Waals surface area (Å²) < 4.78 is 5.01. The Bertz CT molecular complexity index is 559. The fraction of sp³-hybridized carbons (Fsp3) is 0.231. The van der Waals surface area contributed by atoms with Crippen LogP contribution >= 0.6 is 11.3 Å². The SMILES string of the molecule is O=C(O)Cc1occc1C(=O)NCCc1ccsc1. The number of carboxylic acid groups (broad SMARTS) is 1. The third kappa shape index (κ3) is 3.69. The molecule has 2 heterocycles. The number of thiophene rings is 1. The van der Waals surface area contributed by atoms with Crippen LogP contribution in [0.5, 0.6) is 0 Å². The van der Waals surface area contributed by atoms with E-state index in [1.165, 1.54) is 17.9 Å². The zero-order valence-electron chi connectivity index (χ0n) is 10.1. The average molecular weight is 279 g/mol. The van der Waals surface area contributed by atoms with Crippen molar-refractivity contribution < 1.29 is 19.1 Å². The van der Waals surface area contributed by atoms with Gasteiger partial charge in [-0.05, 0) is 34.9 Å². The molecule has 2 rings (SSSR count). The second kappa shape index (κ2) is 6.19. The van der Waals surface area contributed by atoms with E-state index in [9.17, 15) is 9.59 Å². The van der Waals surface area contributed by atoms with E-state index in [0.29, 0.717) is 6.54 Å². The summed E-state index contributed by atoms with van der Waals surface area (Å²) in [7, 11) is 0. The molecule has 0 unspecified atom stereocenters. The zero-order chi connectivity index (χ0) is 13.7. The molecule has 2 aromatic heterocycles. The first-order valence-corrected chi connectivity index (χ1v) is 6.68. The van der Waals surface area contributed by atoms with Gasteiger partial charge in [0, 0.05) is 6.54 Å². The van der Waals surface area contributed by atoms with Crippen molar-refractivity contribution in [2.75, 3.05) is 6.54 Å². The third-order valence-electron chi connectivity index (χ3n) is 2.58. The van der Waals surface area contributed by atoms with Crippen LogP contribution in [-0.2, 0) is 17.6 Å². The minimum atomic E-state index is -1.03. The van der Waals surface area contributed by atoms with Gasteiger partial charge in [-0.25, -0.2) is 0 Å². The summed E-state index contributed by atoms with van der Waals surface area (Å²) in [5.41, 5.74) is 1.45. The molecule has 0 bridgehead atoms. The van der Waals surface area contributed by atoms with E-state index in [1.807, 2.05) is 16.8 Å². The van der Waals surface area contributed by atoms with Crippen molar-refractivity contribution in [3.05, 3.63) is 46.0 Å². The first kappa shape index (κ1) is 13.4. The molecule has 6 heteroatoms. The van der Waals surface area contributed by atoms with E-state index in [0.717, 1.165) is 6.42 Å². The highest BCUT2D eigenvalue weighted by Crippen LogP contribution is 2.11. The predicted octanol–water partition coefficient (Wildman–Crippen LogP) is 1.94. The molecule has 5 nitrogen and oxygen atoms in total. The summed E-state index contributed by atoms with van der Waals surface area (Å²) in [6.45, 7) is 0.507. The Kier molecular flexibility index (Phi) is 4.35. The number of amides is 1. The number of furan rings is 1. The van der Waals surface area contributed by atoms with Gasteiger partial charge in [-0.1, -0.05) is 0 Å². The summed E-state index contributed by atoms with van der Waals surface area (Å²) in [6.07, 6.45) is 1.79. The van der Waals surface area contributed by atoms with E-state index in [-0.39, 0.29) is 23.7 Å². The van der Waals surface area contributed by atoms with Gasteiger partial charge < -0.3 is 14.8 Å². The van der Waals surface area contributed by atoms with Crippen LogP contribution in [0.2, 0.25) is 0 Å². The minimum absolute atomic E-state index is 0.181. The molecular formula is C13H13NO4S. The number of rotatable bonds is 6. The van der Waals surface area contributed by atoms with Crippen molar-refractivity contribution in [1.82, 2.24) is 5.32 Å². The average Bonchev–Trinajstić information content (AvgIpc) is 2.99. The lowest BCUT2D eigenvalue weighted by Gasteiger charge is -2.03. The van der Waals surface area contributed by atoms with Gasteiger partial charge in [-0.2, -0.15) is 11.3 Å². The van der Waals surface area contributed by atoms with Gasteiger partial charge in [0.15, 0.2) is 0 Å². The van der Waals surface area contributed by atoms with Gasteiger partial charge in [0.05, 0.1) is 11.8 Å². The molecule has 0 aromatic carbocycles. The largest absolute Gasteiger partial charge is 0.481 e. The van der Waals surface area contributed by atoms with Gasteiger partial charge in [0.2, 0.25) is 0 Å². The summed E-state index contributed by atoms with van der Waals surface area (Å²) >= 11 is 1.61. The lowest BCUT2D eigenvalue weighted by molar-refractivity contribution is -0.136. The zero-order valence-corrected chi connectivity index (χ0v) is 10.9. The molecule has 0 aliphatic heterocycles. The summed E-state index contributed by atoms with van der Waals surface area (Å²) in [6, 6.07) is 3.49. The highest BCUT2D eigenvalue weighted by atomic mass is 32.1. The molecule has 100 valence electrons. The third-order valence-corrected chi connectivity index (χ3v) is 3.31. The number of nitrogens with one attached hydrogen (secondary N) is 1. The molecule has 0 aliphatic carbocycles. The van der Waals surface area contributed by atoms with E-state index in [2.05, 4.69) is 5.32 Å². The number of carbonyl (C=O) groups is 2. The normalized spacial score (nSPS) is 10.3. The van der Waals surface area contributed by atoms with Gasteiger partial charge in [0.1, 0.15) is 12.2 Å². The van der Waals surface area contributed by atoms with Crippen molar-refractivity contribution in [2.45, 2.75) is 12.8 Å². The van der Waals surface area contributed by atoms with Crippen molar-refractivity contribution >= 4 is 23.2 Å². The Morgan fingerprint density at radius 3 is 2.89 bits per heavy atom. The van der Waals surface area contributed by atoms with Gasteiger partial charge >= 0.3 is 5.97 Å². The molecule has 1 amide bonds. The van der Waals surface area contributed by atoms with E-state index in [1.54, 1.807) is 11.3 Å². The Hall–Kier alpha value is -2.08. The summed E-state index contributed by atoms with van der Waals surface area (Å²) in [4.78, 5) is 22.5. The topological polar surface area (TPSA) is 79.5 Å². The van der Waals surface area contributed by atoms with Crippen molar-refractivity contribution in [3.8, 4) is 0 Å². The van der Waals surface area contributed by atoms with E-state index in [4.69, 9.17) is 9.52 Å². The second-order valence-electron chi connectivity index (χ2n) is 3.97. The van der Waals surface area contributed by atoms with Crippen LogP contribution < -0.4 is 5.32 Å². The quantitative estimate of drug-likeness (QED) is 0.847. The van der Waals surface area contributed by atoms with Gasteiger partial charge in [0.25, 0.3) is 5.91 Å². The smallest absolute Gasteiger partial charge is 0.311 e. The predicted molar refractivity (Wildman–Crippen MR) is 70.4 cm³/mol. The van der Waals surface area contributed by atoms with Crippen molar-refractivity contribution in [1.29, 1.82) is 0 Å². The Morgan fingerprint density at radius 2 is 2.21 bits per heavy atom. The Balaban J connectivity index is 1.89. The number of aliphatic carboxylic acids is 1. The molecule has 0 aliphatic rings. The van der Waals surface area contributed by atoms with Crippen LogP contribution in [0.3, 0.4) is 0 Å². The number of hydrogen-bond acceptors (Lipinski definition) is 4. The van der Waals surface area contributed by atoms with Crippen molar-refractivity contribution in [2.24, 2.45) is 0 Å². The van der Waals surface area contributed by atoms with Crippen LogP contribution in [0.4, 0.5) is 0 Å². The Morgan fingerprint density at radius 1 is 1.37 bits per heavy atom. The van der Waals surface area contributed by atoms with Crippen LogP contribution in [0, 0.1) is 0 Å². The standard InChI is InChI=1S/C13H13NO4S/c15-12(16)7-11-10(2-5-18-11)13(17)14-4-1-9-3-6-19-8-9/h2-3,5-6,8H,1,4,7H2,(H,14,17)(H,15,16). The molecule has 0 saturated heterocycles. The van der Waals surface area contributed by atoms with E-state index < -0.39 is 5.97 Å². The lowest BCUT2D eigenvalue weighted by Crippen LogP contribution is -2.26. The molecule has 0 spiro atoms. The first-order valence-electron chi connectivity index (χ1n) is 5.74. The monoisotopic (exact) mass is 279 g/mol. The van der Waals surface area contributed by atoms with Crippen LogP contribution in [0.25, 0.3) is 0 Å². The summed E-state index contributed by atoms with van der Waals surface area (Å²) in [5, 5.41) is 15.5. The molecule has 0 atom stereocenters. The molecule has 2 N–H and O–H groups in total. The summed E-state index contributed by atoms with van der Waals surface area (Å²) in [5.74, 6) is -1.15. The maximum absolute atomic E-state index is 11.9. The lowest BCUT2D eigenvalue weighted by atomic mass is 10.2. The minimum Gasteiger partial charge on any atom is -0.481 e. The molecule has 19 heavy (non-hydrogen) atoms. The van der Waals surface area contributed by atoms with Gasteiger partial charge in [-0.3, -0.25) is 9.59 Å². The molecule has 0 fully saturated rings. The fourth-order valence-corrected chi connectivity index (χ4v) is 2.37. The van der Waals surface area contributed by atoms with Crippen LogP contribution in [-0.4, -0.2) is 23.5 Å². The first-order chi connectivity index (χ1) is 9.16. The number of hydrogen-bond donors (Lipinski definition) is 2. The Labute approximate surface area is 113 Å². The highest BCUT2D eigenvalue weighted by Gasteiger charge is 2.16. The highest BCUT2D eigenvalue weighted by molar-refractivity contribution is 7.07. The maximum atomic E-state index is 11.9. The van der Waals surface area contributed by atoms with Crippen LogP contribution in [0.1, 0.15) is 21.7 Å². The molecule has 0 saturated carbocycles. The fourth-order valence-electron chi connectivity index (χ4n) is 1.67. The molecular weight excluding hydrogens is 266 g/mol. The van der Waals surface area contributed by atoms with Crippen molar-refractivity contribution in [3.63, 3.8) is 0 Å². The van der Waals surface area contributed by atoms with Gasteiger partial charge in [-0.15, -0.1) is 0 Å².